The summed E-state index contributed by atoms with van der Waals surface area (Å²) in [5, 5.41) is 0.634. The van der Waals surface area contributed by atoms with Crippen LogP contribution in [0.3, 0.4) is 0 Å². The van der Waals surface area contributed by atoms with E-state index in [9.17, 15) is 0 Å². The predicted molar refractivity (Wildman–Crippen MR) is 68.0 cm³/mol. The molecule has 1 aromatic rings. The normalized spacial score (nSPS) is 26.2. The highest BCUT2D eigenvalue weighted by molar-refractivity contribution is 7.15. The fourth-order valence-corrected chi connectivity index (χ4v) is 2.89. The van der Waals surface area contributed by atoms with E-state index in [0.717, 1.165) is 19.6 Å². The van der Waals surface area contributed by atoms with Gasteiger partial charge in [0.25, 0.3) is 0 Å². The van der Waals surface area contributed by atoms with E-state index in [4.69, 9.17) is 15.2 Å². The van der Waals surface area contributed by atoms with Gasteiger partial charge in [-0.25, -0.2) is 4.98 Å². The Morgan fingerprint density at radius 3 is 3.12 bits per heavy atom. The summed E-state index contributed by atoms with van der Waals surface area (Å²) in [5.74, 6) is 0. The molecule has 2 N–H and O–H groups in total. The number of anilines is 1. The number of thiazole rings is 1. The Morgan fingerprint density at radius 2 is 2.47 bits per heavy atom. The molecule has 0 saturated carbocycles. The van der Waals surface area contributed by atoms with Crippen molar-refractivity contribution in [1.82, 2.24) is 9.88 Å². The first-order chi connectivity index (χ1) is 8.17. The number of methoxy groups -OCH3 is 1. The third-order valence-corrected chi connectivity index (χ3v) is 3.52. The van der Waals surface area contributed by atoms with Crippen LogP contribution in [0.25, 0.3) is 0 Å². The zero-order valence-corrected chi connectivity index (χ0v) is 11.1. The summed E-state index contributed by atoms with van der Waals surface area (Å²) in [6, 6.07) is 0. The van der Waals surface area contributed by atoms with Crippen LogP contribution < -0.4 is 5.73 Å². The molecule has 6 heteroatoms. The van der Waals surface area contributed by atoms with E-state index in [1.54, 1.807) is 18.4 Å². The Labute approximate surface area is 106 Å². The maximum Gasteiger partial charge on any atom is 0.180 e. The number of hydrogen-bond acceptors (Lipinski definition) is 6. The highest BCUT2D eigenvalue weighted by Crippen LogP contribution is 2.19. The minimum absolute atomic E-state index is 0.161. The van der Waals surface area contributed by atoms with Gasteiger partial charge in [0.15, 0.2) is 5.13 Å². The van der Waals surface area contributed by atoms with Gasteiger partial charge in [0.05, 0.1) is 18.8 Å². The van der Waals surface area contributed by atoms with Crippen LogP contribution in [0.1, 0.15) is 11.8 Å². The second-order valence-corrected chi connectivity index (χ2v) is 5.53. The monoisotopic (exact) mass is 257 g/mol. The van der Waals surface area contributed by atoms with Crippen molar-refractivity contribution in [2.24, 2.45) is 0 Å². The molecule has 1 aromatic heterocycles. The summed E-state index contributed by atoms with van der Waals surface area (Å²) in [7, 11) is 1.71. The van der Waals surface area contributed by atoms with Gasteiger partial charge in [-0.15, -0.1) is 11.3 Å². The minimum Gasteiger partial charge on any atom is -0.382 e. The van der Waals surface area contributed by atoms with Crippen LogP contribution in [-0.4, -0.2) is 48.9 Å². The molecule has 0 bridgehead atoms. The molecular weight excluding hydrogens is 238 g/mol. The van der Waals surface area contributed by atoms with Crippen molar-refractivity contribution in [2.75, 3.05) is 32.5 Å². The molecule has 0 aromatic carbocycles. The standard InChI is InChI=1S/C11H19N3O2S/c1-8-4-14(5-9(16-8)7-15-2)6-10-3-13-11(12)17-10/h3,8-9H,4-7H2,1-2H3,(H2,12,13). The molecule has 0 amide bonds. The topological polar surface area (TPSA) is 60.6 Å². The summed E-state index contributed by atoms with van der Waals surface area (Å²) < 4.78 is 10.9. The van der Waals surface area contributed by atoms with E-state index in [1.165, 1.54) is 4.88 Å². The molecule has 1 aliphatic rings. The van der Waals surface area contributed by atoms with Gasteiger partial charge in [-0.1, -0.05) is 0 Å². The molecule has 0 radical (unpaired) electrons. The quantitative estimate of drug-likeness (QED) is 0.870. The summed E-state index contributed by atoms with van der Waals surface area (Å²) in [6.07, 6.45) is 2.26. The lowest BCUT2D eigenvalue weighted by Gasteiger charge is -2.36. The van der Waals surface area contributed by atoms with Crippen LogP contribution in [0.15, 0.2) is 6.20 Å². The third kappa shape index (κ3) is 3.64. The first kappa shape index (κ1) is 12.8. The number of nitrogens with zero attached hydrogens (tertiary/aromatic N) is 2. The maximum absolute atomic E-state index is 5.80. The molecule has 17 heavy (non-hydrogen) atoms. The number of ether oxygens (including phenoxy) is 2. The molecule has 2 unspecified atom stereocenters. The summed E-state index contributed by atoms with van der Waals surface area (Å²) >= 11 is 1.55. The second-order valence-electron chi connectivity index (χ2n) is 4.38. The van der Waals surface area contributed by atoms with Crippen LogP contribution in [-0.2, 0) is 16.0 Å². The fourth-order valence-electron chi connectivity index (χ4n) is 2.16. The Hall–Kier alpha value is -0.690. The number of rotatable bonds is 4. The molecule has 5 nitrogen and oxygen atoms in total. The number of morpholine rings is 1. The van der Waals surface area contributed by atoms with Crippen molar-refractivity contribution >= 4 is 16.5 Å². The van der Waals surface area contributed by atoms with Crippen molar-refractivity contribution in [2.45, 2.75) is 25.7 Å². The van der Waals surface area contributed by atoms with Crippen LogP contribution >= 0.6 is 11.3 Å². The van der Waals surface area contributed by atoms with Gasteiger partial charge in [-0.2, -0.15) is 0 Å². The number of nitrogen functional groups attached to an aromatic ring is 1. The van der Waals surface area contributed by atoms with E-state index >= 15 is 0 Å². The molecule has 0 spiro atoms. The van der Waals surface area contributed by atoms with Crippen molar-refractivity contribution in [3.63, 3.8) is 0 Å². The molecular formula is C11H19N3O2S. The van der Waals surface area contributed by atoms with Crippen molar-refractivity contribution < 1.29 is 9.47 Å². The van der Waals surface area contributed by atoms with Gasteiger partial charge in [-0.3, -0.25) is 4.90 Å². The number of aromatic nitrogens is 1. The van der Waals surface area contributed by atoms with E-state index in [0.29, 0.717) is 11.7 Å². The first-order valence-corrected chi connectivity index (χ1v) is 6.56. The van der Waals surface area contributed by atoms with Crippen molar-refractivity contribution in [1.29, 1.82) is 0 Å². The van der Waals surface area contributed by atoms with E-state index in [2.05, 4.69) is 16.8 Å². The Bertz CT molecular complexity index is 358. The van der Waals surface area contributed by atoms with Gasteiger partial charge in [0.1, 0.15) is 0 Å². The highest BCUT2D eigenvalue weighted by atomic mass is 32.1. The number of nitrogens with two attached hydrogens (primary N) is 1. The number of hydrogen-bond donors (Lipinski definition) is 1. The maximum atomic E-state index is 5.80. The lowest BCUT2D eigenvalue weighted by atomic mass is 10.2. The van der Waals surface area contributed by atoms with Crippen molar-refractivity contribution in [3.8, 4) is 0 Å². The molecule has 1 saturated heterocycles. The lowest BCUT2D eigenvalue weighted by Crippen LogP contribution is -2.47. The molecule has 1 fully saturated rings. The van der Waals surface area contributed by atoms with E-state index in [-0.39, 0.29) is 12.2 Å². The summed E-state index contributed by atoms with van der Waals surface area (Å²) in [6.45, 7) is 5.47. The van der Waals surface area contributed by atoms with E-state index in [1.807, 2.05) is 6.20 Å². The van der Waals surface area contributed by atoms with Gasteiger partial charge in [-0.05, 0) is 6.92 Å². The Balaban J connectivity index is 1.91. The third-order valence-electron chi connectivity index (χ3n) is 2.71. The minimum atomic E-state index is 0.161. The van der Waals surface area contributed by atoms with Gasteiger partial charge in [0, 0.05) is 37.8 Å². The van der Waals surface area contributed by atoms with Crippen molar-refractivity contribution in [3.05, 3.63) is 11.1 Å². The lowest BCUT2D eigenvalue weighted by molar-refractivity contribution is -0.103. The largest absolute Gasteiger partial charge is 0.382 e. The van der Waals surface area contributed by atoms with Crippen LogP contribution in [0.2, 0.25) is 0 Å². The second kappa shape index (κ2) is 5.77. The molecule has 96 valence electrons. The first-order valence-electron chi connectivity index (χ1n) is 5.74. The van der Waals surface area contributed by atoms with Crippen LogP contribution in [0.5, 0.6) is 0 Å². The van der Waals surface area contributed by atoms with E-state index < -0.39 is 0 Å². The molecule has 1 aliphatic heterocycles. The summed E-state index contributed by atoms with van der Waals surface area (Å²) in [4.78, 5) is 7.64. The average molecular weight is 257 g/mol. The van der Waals surface area contributed by atoms with Crippen LogP contribution in [0, 0.1) is 0 Å². The average Bonchev–Trinajstić information content (AvgIpc) is 2.63. The molecule has 0 aliphatic carbocycles. The fraction of sp³-hybridized carbons (Fsp3) is 0.727. The molecule has 2 atom stereocenters. The van der Waals surface area contributed by atoms with Crippen LogP contribution in [0.4, 0.5) is 5.13 Å². The smallest absolute Gasteiger partial charge is 0.180 e. The molecule has 2 heterocycles. The van der Waals surface area contributed by atoms with Gasteiger partial charge < -0.3 is 15.2 Å². The Morgan fingerprint density at radius 1 is 1.65 bits per heavy atom. The summed E-state index contributed by atoms with van der Waals surface area (Å²) in [5.41, 5.74) is 5.63. The predicted octanol–water partition coefficient (Wildman–Crippen LogP) is 0.961. The SMILES string of the molecule is COCC1CN(Cc2cnc(N)s2)CC(C)O1. The highest BCUT2D eigenvalue weighted by Gasteiger charge is 2.25. The molecule has 2 rings (SSSR count). The van der Waals surface area contributed by atoms with Gasteiger partial charge in [0.2, 0.25) is 0 Å². The van der Waals surface area contributed by atoms with Gasteiger partial charge >= 0.3 is 0 Å². The zero-order chi connectivity index (χ0) is 12.3. The zero-order valence-electron chi connectivity index (χ0n) is 10.3. The Kier molecular flexibility index (Phi) is 4.33.